The van der Waals surface area contributed by atoms with Crippen LogP contribution in [-0.4, -0.2) is 28.2 Å². The molecule has 0 aliphatic rings. The van der Waals surface area contributed by atoms with E-state index >= 15 is 0 Å². The number of anilines is 1. The molecule has 0 unspecified atom stereocenters. The van der Waals surface area contributed by atoms with E-state index in [1.807, 2.05) is 50.6 Å². The topological polar surface area (TPSA) is 56.1 Å². The number of imidazole rings is 1. The molecule has 5 nitrogen and oxygen atoms in total. The van der Waals surface area contributed by atoms with Crippen molar-refractivity contribution in [1.29, 1.82) is 0 Å². The Morgan fingerprint density at radius 2 is 2.25 bits per heavy atom. The van der Waals surface area contributed by atoms with Gasteiger partial charge in [-0.25, -0.2) is 4.98 Å². The number of amides is 1. The molecule has 2 aromatic rings. The fourth-order valence-corrected chi connectivity index (χ4v) is 1.93. The molecule has 20 heavy (non-hydrogen) atoms. The fourth-order valence-electron chi connectivity index (χ4n) is 1.93. The third-order valence-corrected chi connectivity index (χ3v) is 3.46. The summed E-state index contributed by atoms with van der Waals surface area (Å²) >= 11 is 0. The van der Waals surface area contributed by atoms with Gasteiger partial charge in [0, 0.05) is 12.7 Å². The maximum Gasteiger partial charge on any atom is 0.250 e. The number of carbonyl (C=O) groups excluding carboxylic acids is 1. The summed E-state index contributed by atoms with van der Waals surface area (Å²) in [4.78, 5) is 16.2. The van der Waals surface area contributed by atoms with Crippen LogP contribution in [0.4, 0.5) is 5.69 Å². The maximum atomic E-state index is 11.8. The molecule has 0 saturated carbocycles. The summed E-state index contributed by atoms with van der Waals surface area (Å²) in [6.45, 7) is 6.02. The predicted octanol–water partition coefficient (Wildman–Crippen LogP) is 2.64. The lowest BCUT2D eigenvalue weighted by molar-refractivity contribution is -0.122. The maximum absolute atomic E-state index is 11.8. The quantitative estimate of drug-likeness (QED) is 0.912. The summed E-state index contributed by atoms with van der Waals surface area (Å²) in [5, 5.41) is 2.83. The predicted molar refractivity (Wildman–Crippen MR) is 79.8 cm³/mol. The Balaban J connectivity index is 2.04. The second-order valence-corrected chi connectivity index (χ2v) is 5.00. The average molecular weight is 275 g/mol. The molecule has 1 atom stereocenters. The van der Waals surface area contributed by atoms with Crippen molar-refractivity contribution < 1.29 is 9.53 Å². The second kappa shape index (κ2) is 6.05. The third kappa shape index (κ3) is 3.17. The molecule has 1 aromatic heterocycles. The van der Waals surface area contributed by atoms with Crippen molar-refractivity contribution in [2.75, 3.05) is 11.9 Å². The van der Waals surface area contributed by atoms with Gasteiger partial charge in [0.1, 0.15) is 12.4 Å². The number of hydrogen-bond donors (Lipinski definition) is 1. The zero-order chi connectivity index (χ0) is 14.7. The molecule has 1 heterocycles. The summed E-state index contributed by atoms with van der Waals surface area (Å²) in [6, 6.07) is 5.72. The Morgan fingerprint density at radius 3 is 2.95 bits per heavy atom. The van der Waals surface area contributed by atoms with Gasteiger partial charge >= 0.3 is 0 Å². The summed E-state index contributed by atoms with van der Waals surface area (Å²) in [6.07, 6.45) is 0.994. The highest BCUT2D eigenvalue weighted by Crippen LogP contribution is 2.19. The van der Waals surface area contributed by atoms with E-state index in [1.165, 1.54) is 0 Å². The first-order chi connectivity index (χ1) is 9.51. The van der Waals surface area contributed by atoms with Crippen molar-refractivity contribution >= 4 is 22.6 Å². The molecule has 0 radical (unpaired) electrons. The Labute approximate surface area is 118 Å². The van der Waals surface area contributed by atoms with Gasteiger partial charge in [-0.15, -0.1) is 0 Å². The summed E-state index contributed by atoms with van der Waals surface area (Å²) < 4.78 is 7.42. The van der Waals surface area contributed by atoms with Crippen LogP contribution < -0.4 is 5.32 Å². The second-order valence-electron chi connectivity index (χ2n) is 5.00. The summed E-state index contributed by atoms with van der Waals surface area (Å²) in [5.41, 5.74) is 2.68. The first-order valence-electron chi connectivity index (χ1n) is 6.85. The van der Waals surface area contributed by atoms with Crippen molar-refractivity contribution in [2.45, 2.75) is 33.3 Å². The van der Waals surface area contributed by atoms with Gasteiger partial charge in [-0.05, 0) is 38.5 Å². The van der Waals surface area contributed by atoms with Crippen LogP contribution in [0.25, 0.3) is 11.0 Å². The number of ether oxygens (including phenoxy) is 1. The lowest BCUT2D eigenvalue weighted by atomic mass is 10.2. The molecule has 0 aliphatic heterocycles. The Hall–Kier alpha value is -1.88. The van der Waals surface area contributed by atoms with E-state index in [0.717, 1.165) is 29.0 Å². The molecule has 5 heteroatoms. The number of aryl methyl sites for hydroxylation is 2. The molecular weight excluding hydrogens is 254 g/mol. The van der Waals surface area contributed by atoms with E-state index in [0.29, 0.717) is 0 Å². The van der Waals surface area contributed by atoms with Crippen LogP contribution in [0.5, 0.6) is 0 Å². The van der Waals surface area contributed by atoms with Gasteiger partial charge in [-0.1, -0.05) is 6.92 Å². The van der Waals surface area contributed by atoms with Crippen molar-refractivity contribution in [1.82, 2.24) is 9.55 Å². The molecule has 1 N–H and O–H groups in total. The van der Waals surface area contributed by atoms with E-state index in [9.17, 15) is 4.79 Å². The lowest BCUT2D eigenvalue weighted by Gasteiger charge is -2.10. The van der Waals surface area contributed by atoms with Crippen molar-refractivity contribution in [3.63, 3.8) is 0 Å². The molecule has 0 fully saturated rings. The van der Waals surface area contributed by atoms with Gasteiger partial charge < -0.3 is 14.6 Å². The van der Waals surface area contributed by atoms with Crippen LogP contribution in [0.2, 0.25) is 0 Å². The standard InChI is InChI=1S/C15H21N3O2/c1-5-10(2)20-9-15(19)17-12-6-7-14-13(8-12)16-11(3)18(14)4/h6-8,10H,5,9H2,1-4H3,(H,17,19)/t10-/m1/s1. The number of aromatic nitrogens is 2. The lowest BCUT2D eigenvalue weighted by Crippen LogP contribution is -2.21. The van der Waals surface area contributed by atoms with Crippen LogP contribution in [0.1, 0.15) is 26.1 Å². The van der Waals surface area contributed by atoms with E-state index in [4.69, 9.17) is 4.74 Å². The summed E-state index contributed by atoms with van der Waals surface area (Å²) in [5.74, 6) is 0.806. The first kappa shape index (κ1) is 14.5. The molecule has 108 valence electrons. The van der Waals surface area contributed by atoms with Gasteiger partial charge in [0.15, 0.2) is 0 Å². The molecule has 0 bridgehead atoms. The van der Waals surface area contributed by atoms with Crippen LogP contribution in [0.3, 0.4) is 0 Å². The molecule has 0 spiro atoms. The van der Waals surface area contributed by atoms with Gasteiger partial charge in [-0.2, -0.15) is 0 Å². The minimum absolute atomic E-state index is 0.0777. The van der Waals surface area contributed by atoms with Gasteiger partial charge in [0.05, 0.1) is 17.1 Å². The van der Waals surface area contributed by atoms with Crippen LogP contribution in [-0.2, 0) is 16.6 Å². The molecule has 0 aliphatic carbocycles. The van der Waals surface area contributed by atoms with Crippen LogP contribution in [0, 0.1) is 6.92 Å². The number of hydrogen-bond acceptors (Lipinski definition) is 3. The van der Waals surface area contributed by atoms with E-state index in [1.54, 1.807) is 0 Å². The normalized spacial score (nSPS) is 12.6. The first-order valence-corrected chi connectivity index (χ1v) is 6.85. The number of nitrogens with one attached hydrogen (secondary N) is 1. The number of nitrogens with zero attached hydrogens (tertiary/aromatic N) is 2. The molecule has 1 aromatic carbocycles. The Kier molecular flexibility index (Phi) is 4.39. The van der Waals surface area contributed by atoms with E-state index < -0.39 is 0 Å². The highest BCUT2D eigenvalue weighted by Gasteiger charge is 2.08. The number of fused-ring (bicyclic) bond motifs is 1. The Morgan fingerprint density at radius 1 is 1.50 bits per heavy atom. The largest absolute Gasteiger partial charge is 0.369 e. The van der Waals surface area contributed by atoms with E-state index in [-0.39, 0.29) is 18.6 Å². The fraction of sp³-hybridized carbons (Fsp3) is 0.467. The summed E-state index contributed by atoms with van der Waals surface area (Å²) in [7, 11) is 1.98. The molecular formula is C15H21N3O2. The third-order valence-electron chi connectivity index (χ3n) is 3.46. The van der Waals surface area contributed by atoms with Crippen molar-refractivity contribution in [2.24, 2.45) is 7.05 Å². The minimum atomic E-state index is -0.141. The van der Waals surface area contributed by atoms with Gasteiger partial charge in [-0.3, -0.25) is 4.79 Å². The van der Waals surface area contributed by atoms with Gasteiger partial charge in [0.25, 0.3) is 0 Å². The average Bonchev–Trinajstić information content (AvgIpc) is 2.71. The number of carbonyl (C=O) groups is 1. The highest BCUT2D eigenvalue weighted by atomic mass is 16.5. The molecule has 2 rings (SSSR count). The van der Waals surface area contributed by atoms with E-state index in [2.05, 4.69) is 10.3 Å². The zero-order valence-corrected chi connectivity index (χ0v) is 12.4. The van der Waals surface area contributed by atoms with Crippen molar-refractivity contribution in [3.8, 4) is 0 Å². The smallest absolute Gasteiger partial charge is 0.250 e. The van der Waals surface area contributed by atoms with Crippen molar-refractivity contribution in [3.05, 3.63) is 24.0 Å². The Bertz CT molecular complexity index is 619. The number of rotatable bonds is 5. The molecule has 1 amide bonds. The minimum Gasteiger partial charge on any atom is -0.369 e. The van der Waals surface area contributed by atoms with Crippen LogP contribution >= 0.6 is 0 Å². The monoisotopic (exact) mass is 275 g/mol. The highest BCUT2D eigenvalue weighted by molar-refractivity contribution is 5.93. The SMILES string of the molecule is CC[C@@H](C)OCC(=O)Nc1ccc2c(c1)nc(C)n2C. The van der Waals surface area contributed by atoms with Crippen LogP contribution in [0.15, 0.2) is 18.2 Å². The zero-order valence-electron chi connectivity index (χ0n) is 12.4. The number of benzene rings is 1. The molecule has 0 saturated heterocycles. The van der Waals surface area contributed by atoms with Gasteiger partial charge in [0.2, 0.25) is 5.91 Å².